The number of nitrogens with one attached hydrogen (secondary N) is 2. The number of hydrogen-bond acceptors (Lipinski definition) is 4. The summed E-state index contributed by atoms with van der Waals surface area (Å²) in [6, 6.07) is 5.79. The quantitative estimate of drug-likeness (QED) is 0.292. The van der Waals surface area contributed by atoms with E-state index < -0.39 is 15.9 Å². The van der Waals surface area contributed by atoms with Gasteiger partial charge < -0.3 is 0 Å². The van der Waals surface area contributed by atoms with Gasteiger partial charge >= 0.3 is 0 Å². The zero-order chi connectivity index (χ0) is 12.9. The molecule has 0 aliphatic rings. The summed E-state index contributed by atoms with van der Waals surface area (Å²) in [5.41, 5.74) is 1.89. The predicted octanol–water partition coefficient (Wildman–Crippen LogP) is -0.246. The van der Waals surface area contributed by atoms with E-state index in [1.54, 1.807) is 6.07 Å². The van der Waals surface area contributed by atoms with E-state index in [0.29, 0.717) is 0 Å². The van der Waals surface area contributed by atoms with Gasteiger partial charge in [0.25, 0.3) is 5.91 Å². The number of hydrogen-bond donors (Lipinski definition) is 3. The SMILES string of the molecule is C=CCNS(=O)(=O)c1ccccc1C(=O)NN. The van der Waals surface area contributed by atoms with Crippen molar-refractivity contribution in [2.75, 3.05) is 6.54 Å². The van der Waals surface area contributed by atoms with Crippen LogP contribution in [0.5, 0.6) is 0 Å². The number of nitrogen functional groups attached to an aromatic ring is 1. The monoisotopic (exact) mass is 255 g/mol. The van der Waals surface area contributed by atoms with Gasteiger partial charge in [-0.05, 0) is 12.1 Å². The molecule has 7 heteroatoms. The van der Waals surface area contributed by atoms with Crippen LogP contribution in [0.4, 0.5) is 0 Å². The van der Waals surface area contributed by atoms with Crippen LogP contribution in [0.3, 0.4) is 0 Å². The lowest BCUT2D eigenvalue weighted by atomic mass is 10.2. The summed E-state index contributed by atoms with van der Waals surface area (Å²) in [7, 11) is -3.75. The Kier molecular flexibility index (Phi) is 4.38. The summed E-state index contributed by atoms with van der Waals surface area (Å²) in [6.45, 7) is 3.49. The van der Waals surface area contributed by atoms with Crippen LogP contribution < -0.4 is 16.0 Å². The molecule has 0 aliphatic carbocycles. The molecular weight excluding hydrogens is 242 g/mol. The topological polar surface area (TPSA) is 101 Å². The fourth-order valence-electron chi connectivity index (χ4n) is 1.21. The fourth-order valence-corrected chi connectivity index (χ4v) is 2.41. The van der Waals surface area contributed by atoms with Crippen molar-refractivity contribution in [3.05, 3.63) is 42.5 Å². The first kappa shape index (κ1) is 13.4. The van der Waals surface area contributed by atoms with Gasteiger partial charge in [0.2, 0.25) is 10.0 Å². The van der Waals surface area contributed by atoms with Crippen LogP contribution in [0.25, 0.3) is 0 Å². The molecule has 1 aromatic carbocycles. The summed E-state index contributed by atoms with van der Waals surface area (Å²) >= 11 is 0. The lowest BCUT2D eigenvalue weighted by molar-refractivity contribution is 0.0950. The average molecular weight is 255 g/mol. The summed E-state index contributed by atoms with van der Waals surface area (Å²) in [5.74, 6) is 4.32. The second kappa shape index (κ2) is 5.58. The van der Waals surface area contributed by atoms with Crippen molar-refractivity contribution < 1.29 is 13.2 Å². The van der Waals surface area contributed by atoms with Crippen LogP contribution in [-0.4, -0.2) is 20.9 Å². The van der Waals surface area contributed by atoms with E-state index in [-0.39, 0.29) is 17.0 Å². The Morgan fingerprint density at radius 3 is 2.65 bits per heavy atom. The van der Waals surface area contributed by atoms with E-state index >= 15 is 0 Å². The highest BCUT2D eigenvalue weighted by atomic mass is 32.2. The summed E-state index contributed by atoms with van der Waals surface area (Å²) < 4.78 is 26.0. The van der Waals surface area contributed by atoms with Crippen molar-refractivity contribution in [1.29, 1.82) is 0 Å². The minimum atomic E-state index is -3.75. The number of benzene rings is 1. The predicted molar refractivity (Wildman–Crippen MR) is 63.5 cm³/mol. The van der Waals surface area contributed by atoms with E-state index in [1.807, 2.05) is 5.43 Å². The van der Waals surface area contributed by atoms with Crippen molar-refractivity contribution >= 4 is 15.9 Å². The second-order valence-corrected chi connectivity index (χ2v) is 4.85. The van der Waals surface area contributed by atoms with Crippen molar-refractivity contribution in [3.63, 3.8) is 0 Å². The molecule has 1 rings (SSSR count). The zero-order valence-electron chi connectivity index (χ0n) is 9.01. The fraction of sp³-hybridized carbons (Fsp3) is 0.100. The Hall–Kier alpha value is -1.70. The molecule has 92 valence electrons. The number of sulfonamides is 1. The maximum absolute atomic E-state index is 11.9. The molecule has 0 atom stereocenters. The van der Waals surface area contributed by atoms with Crippen molar-refractivity contribution in [3.8, 4) is 0 Å². The largest absolute Gasteiger partial charge is 0.290 e. The number of carbonyl (C=O) groups is 1. The first-order chi connectivity index (χ1) is 8.03. The molecule has 0 saturated heterocycles. The van der Waals surface area contributed by atoms with Gasteiger partial charge in [0.05, 0.1) is 10.5 Å². The minimum absolute atomic E-state index is 0.00781. The molecule has 0 aromatic heterocycles. The van der Waals surface area contributed by atoms with E-state index in [2.05, 4.69) is 11.3 Å². The maximum Gasteiger partial charge on any atom is 0.266 e. The Morgan fingerprint density at radius 1 is 1.41 bits per heavy atom. The van der Waals surface area contributed by atoms with Crippen LogP contribution in [0, 0.1) is 0 Å². The smallest absolute Gasteiger partial charge is 0.266 e. The molecule has 6 nitrogen and oxygen atoms in total. The van der Waals surface area contributed by atoms with Crippen molar-refractivity contribution in [1.82, 2.24) is 10.1 Å². The van der Waals surface area contributed by atoms with E-state index in [0.717, 1.165) is 0 Å². The number of rotatable bonds is 5. The molecular formula is C10H13N3O3S. The third-order valence-corrected chi connectivity index (χ3v) is 3.45. The number of hydrazine groups is 1. The summed E-state index contributed by atoms with van der Waals surface area (Å²) in [5, 5.41) is 0. The Labute approximate surface area is 99.5 Å². The Bertz CT molecular complexity index is 525. The van der Waals surface area contributed by atoms with Gasteiger partial charge in [-0.25, -0.2) is 19.0 Å². The van der Waals surface area contributed by atoms with Gasteiger partial charge in [0, 0.05) is 6.54 Å². The van der Waals surface area contributed by atoms with E-state index in [4.69, 9.17) is 5.84 Å². The standard InChI is InChI=1S/C10H13N3O3S/c1-2-7-12-17(15,16)9-6-4-3-5-8(9)10(14)13-11/h2-6,12H,1,7,11H2,(H,13,14). The highest BCUT2D eigenvalue weighted by molar-refractivity contribution is 7.89. The van der Waals surface area contributed by atoms with Crippen molar-refractivity contribution in [2.24, 2.45) is 5.84 Å². The van der Waals surface area contributed by atoms with Gasteiger partial charge in [-0.1, -0.05) is 18.2 Å². The lowest BCUT2D eigenvalue weighted by Crippen LogP contribution is -2.33. The van der Waals surface area contributed by atoms with Crippen LogP contribution in [-0.2, 0) is 10.0 Å². The molecule has 4 N–H and O–H groups in total. The van der Waals surface area contributed by atoms with Gasteiger partial charge in [-0.2, -0.15) is 0 Å². The Morgan fingerprint density at radius 2 is 2.06 bits per heavy atom. The normalized spacial score (nSPS) is 10.9. The molecule has 0 aliphatic heterocycles. The minimum Gasteiger partial charge on any atom is -0.290 e. The second-order valence-electron chi connectivity index (χ2n) is 3.11. The molecule has 1 aromatic rings. The van der Waals surface area contributed by atoms with Crippen LogP contribution in [0.1, 0.15) is 10.4 Å². The van der Waals surface area contributed by atoms with E-state index in [9.17, 15) is 13.2 Å². The van der Waals surface area contributed by atoms with Gasteiger partial charge in [0.1, 0.15) is 0 Å². The molecule has 1 amide bonds. The summed E-state index contributed by atoms with van der Waals surface area (Å²) in [6.07, 6.45) is 1.41. The molecule has 0 saturated carbocycles. The van der Waals surface area contributed by atoms with Gasteiger partial charge in [-0.3, -0.25) is 10.2 Å². The maximum atomic E-state index is 11.9. The number of carbonyl (C=O) groups excluding carboxylic acids is 1. The zero-order valence-corrected chi connectivity index (χ0v) is 9.83. The molecule has 0 spiro atoms. The van der Waals surface area contributed by atoms with Crippen LogP contribution >= 0.6 is 0 Å². The molecule has 0 radical (unpaired) electrons. The van der Waals surface area contributed by atoms with Crippen LogP contribution in [0.2, 0.25) is 0 Å². The van der Waals surface area contributed by atoms with E-state index in [1.165, 1.54) is 24.3 Å². The molecule has 0 heterocycles. The third kappa shape index (κ3) is 3.13. The first-order valence-electron chi connectivity index (χ1n) is 4.73. The molecule has 0 fully saturated rings. The van der Waals surface area contributed by atoms with Gasteiger partial charge in [0.15, 0.2) is 0 Å². The lowest BCUT2D eigenvalue weighted by Gasteiger charge is -2.09. The van der Waals surface area contributed by atoms with Crippen LogP contribution in [0.15, 0.2) is 41.8 Å². The Balaban J connectivity index is 3.22. The first-order valence-corrected chi connectivity index (χ1v) is 6.21. The highest BCUT2D eigenvalue weighted by Crippen LogP contribution is 2.14. The highest BCUT2D eigenvalue weighted by Gasteiger charge is 2.20. The number of nitrogens with two attached hydrogens (primary N) is 1. The van der Waals surface area contributed by atoms with Gasteiger partial charge in [-0.15, -0.1) is 6.58 Å². The van der Waals surface area contributed by atoms with Crippen molar-refractivity contribution in [2.45, 2.75) is 4.90 Å². The molecule has 17 heavy (non-hydrogen) atoms. The molecule has 0 bridgehead atoms. The summed E-state index contributed by atoms with van der Waals surface area (Å²) in [4.78, 5) is 11.3. The average Bonchev–Trinajstić information content (AvgIpc) is 2.35. The molecule has 0 unspecified atom stereocenters. The third-order valence-electron chi connectivity index (χ3n) is 1.97. The number of amides is 1.